The summed E-state index contributed by atoms with van der Waals surface area (Å²) in [6.45, 7) is 0.540. The second-order valence-corrected chi connectivity index (χ2v) is 8.73. The van der Waals surface area contributed by atoms with Crippen molar-refractivity contribution >= 4 is 40.9 Å². The summed E-state index contributed by atoms with van der Waals surface area (Å²) in [5.41, 5.74) is -1.42. The number of β-lactam (4-membered cyclic amide) rings is 1. The van der Waals surface area contributed by atoms with Crippen LogP contribution in [-0.4, -0.2) is 72.1 Å². The molecule has 10 heteroatoms. The molecule has 2 aliphatic rings. The Labute approximate surface area is 157 Å². The molecule has 1 aromatic rings. The van der Waals surface area contributed by atoms with E-state index in [9.17, 15) is 29.1 Å². The number of hydrogen-bond acceptors (Lipinski definition) is 6. The van der Waals surface area contributed by atoms with Crippen molar-refractivity contribution in [2.75, 3.05) is 18.9 Å². The van der Waals surface area contributed by atoms with Crippen LogP contribution in [0.4, 0.5) is 0 Å². The molecule has 0 aliphatic carbocycles. The topological polar surface area (TPSA) is 121 Å². The van der Waals surface area contributed by atoms with Gasteiger partial charge in [-0.1, -0.05) is 18.2 Å². The van der Waals surface area contributed by atoms with E-state index in [1.165, 1.54) is 23.6 Å². The predicted octanol–water partition coefficient (Wildman–Crippen LogP) is -0.0953. The minimum Gasteiger partial charge on any atom is -0.588 e. The minimum absolute atomic E-state index is 0.105. The number of nitrogens with zero attached hydrogens (tertiary/aromatic N) is 2. The molecule has 4 atom stereocenters. The van der Waals surface area contributed by atoms with Gasteiger partial charge in [-0.25, -0.2) is 0 Å². The standard InChI is InChI=1S/C16H18N2O6S2/c1-10(20)18(26(24)11-5-3-2-4-6-11)12-13(21)17-7-16(8-19,15(22)23)9-25-14(12)17/h2-6,12,14,19H,7-9H2,1H3,(H,22,23)/t12?,14-,16?,26?/m1/s1. The molecule has 0 radical (unpaired) electrons. The number of aliphatic carboxylic acids is 1. The van der Waals surface area contributed by atoms with Crippen LogP contribution in [0.3, 0.4) is 0 Å². The van der Waals surface area contributed by atoms with Crippen molar-refractivity contribution in [1.29, 1.82) is 0 Å². The maximum Gasteiger partial charge on any atom is 0.314 e. The van der Waals surface area contributed by atoms with E-state index in [-0.39, 0.29) is 12.3 Å². The first-order chi connectivity index (χ1) is 12.3. The maximum atomic E-state index is 12.8. The number of aliphatic hydroxyl groups excluding tert-OH is 1. The Kier molecular flexibility index (Phi) is 5.20. The molecule has 2 fully saturated rings. The molecule has 3 unspecified atom stereocenters. The van der Waals surface area contributed by atoms with Crippen molar-refractivity contribution in [2.45, 2.75) is 23.2 Å². The highest BCUT2D eigenvalue weighted by Crippen LogP contribution is 2.44. The van der Waals surface area contributed by atoms with Crippen LogP contribution in [0.25, 0.3) is 0 Å². The van der Waals surface area contributed by atoms with Crippen molar-refractivity contribution in [2.24, 2.45) is 5.41 Å². The number of amides is 2. The van der Waals surface area contributed by atoms with Crippen LogP contribution in [-0.2, 0) is 25.7 Å². The predicted molar refractivity (Wildman–Crippen MR) is 94.3 cm³/mol. The molecule has 1 aromatic carbocycles. The Balaban J connectivity index is 1.83. The Morgan fingerprint density at radius 3 is 2.62 bits per heavy atom. The van der Waals surface area contributed by atoms with Gasteiger partial charge in [0.05, 0.1) is 6.61 Å². The summed E-state index contributed by atoms with van der Waals surface area (Å²) in [4.78, 5) is 38.0. The van der Waals surface area contributed by atoms with E-state index in [4.69, 9.17) is 0 Å². The number of carbonyl (C=O) groups is 3. The zero-order chi connectivity index (χ0) is 19.1. The summed E-state index contributed by atoms with van der Waals surface area (Å²) >= 11 is -0.659. The van der Waals surface area contributed by atoms with E-state index in [0.717, 1.165) is 4.31 Å². The molecule has 2 saturated heterocycles. The zero-order valence-corrected chi connectivity index (χ0v) is 15.5. The Bertz CT molecular complexity index is 733. The largest absolute Gasteiger partial charge is 0.588 e. The van der Waals surface area contributed by atoms with Crippen molar-refractivity contribution in [3.63, 3.8) is 0 Å². The number of aliphatic hydroxyl groups is 1. The van der Waals surface area contributed by atoms with E-state index in [1.807, 2.05) is 0 Å². The molecular weight excluding hydrogens is 380 g/mol. The van der Waals surface area contributed by atoms with Gasteiger partial charge in [-0.2, -0.15) is 0 Å². The number of benzene rings is 1. The lowest BCUT2D eigenvalue weighted by molar-refractivity contribution is -0.164. The molecule has 2 N–H and O–H groups in total. The number of fused-ring (bicyclic) bond motifs is 1. The normalized spacial score (nSPS) is 28.7. The summed E-state index contributed by atoms with van der Waals surface area (Å²) in [7, 11) is 0. The molecule has 0 saturated carbocycles. The molecule has 2 amide bonds. The summed E-state index contributed by atoms with van der Waals surface area (Å²) in [5, 5.41) is 18.4. The minimum atomic E-state index is -1.84. The van der Waals surface area contributed by atoms with Gasteiger partial charge in [0, 0.05) is 19.2 Å². The van der Waals surface area contributed by atoms with Gasteiger partial charge in [-0.3, -0.25) is 14.4 Å². The zero-order valence-electron chi connectivity index (χ0n) is 13.9. The SMILES string of the molecule is CC(=O)N(C1C(=O)N2CC(CO)(C(=O)O)CS[C@H]12)[S+]([O-])c1ccccc1. The van der Waals surface area contributed by atoms with Crippen molar-refractivity contribution in [3.05, 3.63) is 30.3 Å². The number of rotatable bonds is 5. The average molecular weight is 398 g/mol. The smallest absolute Gasteiger partial charge is 0.314 e. The molecule has 0 bridgehead atoms. The van der Waals surface area contributed by atoms with Gasteiger partial charge in [0.25, 0.3) is 11.8 Å². The third-order valence-corrected chi connectivity index (χ3v) is 7.65. The summed E-state index contributed by atoms with van der Waals surface area (Å²) in [6.07, 6.45) is 0. The molecule has 3 rings (SSSR count). The molecule has 0 spiro atoms. The third-order valence-electron chi connectivity index (χ3n) is 4.56. The van der Waals surface area contributed by atoms with Crippen molar-refractivity contribution < 1.29 is 29.1 Å². The van der Waals surface area contributed by atoms with Gasteiger partial charge in [0.15, 0.2) is 10.9 Å². The Morgan fingerprint density at radius 1 is 1.42 bits per heavy atom. The number of carboxylic acid groups (broad SMARTS) is 1. The van der Waals surface area contributed by atoms with Gasteiger partial charge in [0.2, 0.25) is 0 Å². The van der Waals surface area contributed by atoms with E-state index >= 15 is 0 Å². The quantitative estimate of drug-likeness (QED) is 0.525. The lowest BCUT2D eigenvalue weighted by Crippen LogP contribution is -2.75. The first kappa shape index (κ1) is 19.0. The molecule has 140 valence electrons. The fraction of sp³-hybridized carbons (Fsp3) is 0.438. The second kappa shape index (κ2) is 7.10. The van der Waals surface area contributed by atoms with Crippen LogP contribution < -0.4 is 0 Å². The molecule has 26 heavy (non-hydrogen) atoms. The number of carboxylic acids is 1. The van der Waals surface area contributed by atoms with Crippen LogP contribution in [0.2, 0.25) is 0 Å². The third kappa shape index (κ3) is 2.96. The highest BCUT2D eigenvalue weighted by molar-refractivity contribution is 8.00. The lowest BCUT2D eigenvalue weighted by atomic mass is 9.88. The highest BCUT2D eigenvalue weighted by Gasteiger charge is 2.61. The molecule has 8 nitrogen and oxygen atoms in total. The molecule has 2 heterocycles. The maximum absolute atomic E-state index is 12.8. The average Bonchev–Trinajstić information content (AvgIpc) is 2.65. The number of hydrogen-bond donors (Lipinski definition) is 2. The van der Waals surface area contributed by atoms with Crippen LogP contribution in [0.5, 0.6) is 0 Å². The lowest BCUT2D eigenvalue weighted by Gasteiger charge is -2.54. The highest BCUT2D eigenvalue weighted by atomic mass is 32.2. The monoisotopic (exact) mass is 398 g/mol. The number of thioether (sulfide) groups is 1. The Hall–Kier alpha value is -1.75. The number of carbonyl (C=O) groups excluding carboxylic acids is 2. The molecular formula is C16H18N2O6S2. The van der Waals surface area contributed by atoms with Crippen LogP contribution >= 0.6 is 11.8 Å². The van der Waals surface area contributed by atoms with E-state index in [0.29, 0.717) is 4.90 Å². The van der Waals surface area contributed by atoms with Crippen molar-refractivity contribution in [3.8, 4) is 0 Å². The van der Waals surface area contributed by atoms with Crippen LogP contribution in [0.1, 0.15) is 6.92 Å². The van der Waals surface area contributed by atoms with Gasteiger partial charge < -0.3 is 19.7 Å². The summed E-state index contributed by atoms with van der Waals surface area (Å²) in [6, 6.07) is 7.46. The van der Waals surface area contributed by atoms with Crippen LogP contribution in [0, 0.1) is 5.41 Å². The fourth-order valence-electron chi connectivity index (χ4n) is 3.05. The van der Waals surface area contributed by atoms with E-state index in [1.54, 1.807) is 30.3 Å². The molecule has 0 aromatic heterocycles. The summed E-state index contributed by atoms with van der Waals surface area (Å²) < 4.78 is 13.9. The van der Waals surface area contributed by atoms with E-state index in [2.05, 4.69) is 0 Å². The van der Waals surface area contributed by atoms with Crippen LogP contribution in [0.15, 0.2) is 35.2 Å². The Morgan fingerprint density at radius 2 is 2.08 bits per heavy atom. The van der Waals surface area contributed by atoms with Gasteiger partial charge in [-0.15, -0.1) is 16.1 Å². The van der Waals surface area contributed by atoms with Crippen molar-refractivity contribution in [1.82, 2.24) is 9.21 Å². The molecule has 2 aliphatic heterocycles. The fourth-order valence-corrected chi connectivity index (χ4v) is 5.96. The van der Waals surface area contributed by atoms with E-state index < -0.39 is 52.6 Å². The van der Waals surface area contributed by atoms with Gasteiger partial charge >= 0.3 is 5.97 Å². The first-order valence-electron chi connectivity index (χ1n) is 7.85. The summed E-state index contributed by atoms with van der Waals surface area (Å²) in [5.74, 6) is -2.02. The first-order valence-corrected chi connectivity index (χ1v) is 10.0. The van der Waals surface area contributed by atoms with Gasteiger partial charge in [-0.05, 0) is 12.1 Å². The second-order valence-electron chi connectivity index (χ2n) is 6.26. The van der Waals surface area contributed by atoms with Gasteiger partial charge in [0.1, 0.15) is 22.2 Å².